The fourth-order valence-electron chi connectivity index (χ4n) is 6.29. The molecule has 208 valence electrons. The van der Waals surface area contributed by atoms with Gasteiger partial charge in [0.2, 0.25) is 5.91 Å². The van der Waals surface area contributed by atoms with E-state index in [1.807, 2.05) is 4.90 Å². The van der Waals surface area contributed by atoms with Crippen molar-refractivity contribution in [2.75, 3.05) is 19.6 Å². The number of carbonyl (C=O) groups excluding carboxylic acids is 3. The number of likely N-dealkylation sites (tertiary alicyclic amines) is 2. The van der Waals surface area contributed by atoms with Crippen molar-refractivity contribution in [2.24, 2.45) is 0 Å². The van der Waals surface area contributed by atoms with Crippen LogP contribution in [0.25, 0.3) is 0 Å². The number of amides is 3. The highest BCUT2D eigenvalue weighted by molar-refractivity contribution is 5.96. The van der Waals surface area contributed by atoms with E-state index in [-0.39, 0.29) is 42.0 Å². The molecule has 3 heterocycles. The molecule has 39 heavy (non-hydrogen) atoms. The van der Waals surface area contributed by atoms with Crippen molar-refractivity contribution in [2.45, 2.75) is 68.9 Å². The molecule has 1 aromatic carbocycles. The van der Waals surface area contributed by atoms with E-state index in [9.17, 15) is 27.6 Å². The van der Waals surface area contributed by atoms with Gasteiger partial charge in [-0.3, -0.25) is 24.3 Å². The molecule has 5 rings (SSSR count). The minimum absolute atomic E-state index is 0.0736. The van der Waals surface area contributed by atoms with Crippen LogP contribution in [0.5, 0.6) is 0 Å². The lowest BCUT2D eigenvalue weighted by Crippen LogP contribution is -2.48. The third kappa shape index (κ3) is 6.08. The Morgan fingerprint density at radius 3 is 2.38 bits per heavy atom. The molecule has 1 saturated carbocycles. The number of hydrogen-bond donors (Lipinski definition) is 2. The SMILES string of the molecule is O=C(NCC(=O)N1CC[C@@H]2[C@H]1CCN2C1CCC(NC(=O)c2ccccn2)CC1)c1cccc(C(F)(F)F)c1. The summed E-state index contributed by atoms with van der Waals surface area (Å²) in [6.07, 6.45) is 2.49. The summed E-state index contributed by atoms with van der Waals surface area (Å²) in [7, 11) is 0. The second kappa shape index (κ2) is 11.3. The van der Waals surface area contributed by atoms with Crippen LogP contribution in [0.4, 0.5) is 13.2 Å². The smallest absolute Gasteiger partial charge is 0.348 e. The molecule has 3 aliphatic rings. The Morgan fingerprint density at radius 2 is 1.67 bits per heavy atom. The average molecular weight is 544 g/mol. The maximum atomic E-state index is 13.0. The Balaban J connectivity index is 1.09. The number of nitrogens with one attached hydrogen (secondary N) is 2. The van der Waals surface area contributed by atoms with Gasteiger partial charge in [-0.05, 0) is 68.9 Å². The first-order chi connectivity index (χ1) is 18.7. The summed E-state index contributed by atoms with van der Waals surface area (Å²) in [6, 6.07) is 10.3. The number of aromatic nitrogens is 1. The number of benzene rings is 1. The zero-order chi connectivity index (χ0) is 27.6. The number of halogens is 3. The van der Waals surface area contributed by atoms with Gasteiger partial charge in [0.05, 0.1) is 12.1 Å². The van der Waals surface area contributed by atoms with Gasteiger partial charge in [-0.15, -0.1) is 0 Å². The molecule has 2 aromatic rings. The van der Waals surface area contributed by atoms with Crippen LogP contribution in [-0.2, 0) is 11.0 Å². The second-order valence-electron chi connectivity index (χ2n) is 10.5. The van der Waals surface area contributed by atoms with Crippen LogP contribution in [0.3, 0.4) is 0 Å². The molecule has 2 N–H and O–H groups in total. The van der Waals surface area contributed by atoms with Crippen LogP contribution in [0, 0.1) is 0 Å². The van der Waals surface area contributed by atoms with Gasteiger partial charge in [0.25, 0.3) is 11.8 Å². The molecule has 2 aliphatic heterocycles. The highest BCUT2D eigenvalue weighted by Gasteiger charge is 2.46. The van der Waals surface area contributed by atoms with Crippen LogP contribution in [0.15, 0.2) is 48.7 Å². The highest BCUT2D eigenvalue weighted by Crippen LogP contribution is 2.36. The van der Waals surface area contributed by atoms with Gasteiger partial charge in [-0.25, -0.2) is 0 Å². The summed E-state index contributed by atoms with van der Waals surface area (Å²) in [4.78, 5) is 46.3. The largest absolute Gasteiger partial charge is 0.416 e. The van der Waals surface area contributed by atoms with E-state index in [1.165, 1.54) is 12.1 Å². The van der Waals surface area contributed by atoms with Gasteiger partial charge >= 0.3 is 6.18 Å². The van der Waals surface area contributed by atoms with Crippen molar-refractivity contribution >= 4 is 17.7 Å². The zero-order valence-corrected chi connectivity index (χ0v) is 21.5. The zero-order valence-electron chi connectivity index (χ0n) is 21.5. The number of rotatable bonds is 6. The third-order valence-corrected chi connectivity index (χ3v) is 8.19. The van der Waals surface area contributed by atoms with Crippen LogP contribution >= 0.6 is 0 Å². The fourth-order valence-corrected chi connectivity index (χ4v) is 6.29. The predicted octanol–water partition coefficient (Wildman–Crippen LogP) is 3.25. The average Bonchev–Trinajstić information content (AvgIpc) is 3.55. The van der Waals surface area contributed by atoms with Crippen LogP contribution in [0.2, 0.25) is 0 Å². The summed E-state index contributed by atoms with van der Waals surface area (Å²) >= 11 is 0. The lowest BCUT2D eigenvalue weighted by Gasteiger charge is -2.37. The molecule has 2 atom stereocenters. The first-order valence-electron chi connectivity index (χ1n) is 13.4. The van der Waals surface area contributed by atoms with Crippen molar-refractivity contribution < 1.29 is 27.6 Å². The Bertz CT molecular complexity index is 1200. The summed E-state index contributed by atoms with van der Waals surface area (Å²) in [5.74, 6) is -1.07. The van der Waals surface area contributed by atoms with Crippen LogP contribution in [0.1, 0.15) is 64.9 Å². The molecule has 3 amide bonds. The van der Waals surface area contributed by atoms with Gasteiger partial charge in [-0.2, -0.15) is 13.2 Å². The van der Waals surface area contributed by atoms with Crippen LogP contribution in [-0.4, -0.2) is 76.3 Å². The second-order valence-corrected chi connectivity index (χ2v) is 10.5. The monoisotopic (exact) mass is 543 g/mol. The maximum Gasteiger partial charge on any atom is 0.416 e. The first kappa shape index (κ1) is 27.1. The number of nitrogens with zero attached hydrogens (tertiary/aromatic N) is 3. The lowest BCUT2D eigenvalue weighted by atomic mass is 9.89. The minimum Gasteiger partial charge on any atom is -0.348 e. The van der Waals surface area contributed by atoms with E-state index in [4.69, 9.17) is 0 Å². The van der Waals surface area contributed by atoms with Gasteiger partial charge in [0, 0.05) is 49.0 Å². The molecule has 1 aliphatic carbocycles. The minimum atomic E-state index is -4.54. The Morgan fingerprint density at radius 1 is 0.897 bits per heavy atom. The fraction of sp³-hybridized carbons (Fsp3) is 0.500. The molecular formula is C28H32F3N5O3. The quantitative estimate of drug-likeness (QED) is 0.584. The third-order valence-electron chi connectivity index (χ3n) is 8.19. The van der Waals surface area contributed by atoms with Gasteiger partial charge < -0.3 is 15.5 Å². The van der Waals surface area contributed by atoms with Gasteiger partial charge in [0.15, 0.2) is 0 Å². The standard InChI is InChI=1S/C28H32F3N5O3/c29-28(30,31)19-5-3-4-18(16-19)26(38)33-17-25(37)36-15-12-23-24(36)11-14-35(23)21-9-7-20(8-10-21)34-27(39)22-6-1-2-13-32-22/h1-6,13,16,20-21,23-24H,7-12,14-15,17H2,(H,33,38)(H,34,39)/t20?,21?,23-,24-/m1/s1. The topological polar surface area (TPSA) is 94.6 Å². The molecule has 0 radical (unpaired) electrons. The first-order valence-corrected chi connectivity index (χ1v) is 13.4. The lowest BCUT2D eigenvalue weighted by molar-refractivity contribution is -0.137. The number of alkyl halides is 3. The van der Waals surface area contributed by atoms with E-state index < -0.39 is 17.6 Å². The molecule has 0 bridgehead atoms. The van der Waals surface area contributed by atoms with Gasteiger partial charge in [-0.1, -0.05) is 12.1 Å². The van der Waals surface area contributed by atoms with E-state index in [0.717, 1.165) is 57.2 Å². The Kier molecular flexibility index (Phi) is 7.88. The molecule has 1 aromatic heterocycles. The van der Waals surface area contributed by atoms with Crippen LogP contribution < -0.4 is 10.6 Å². The molecule has 0 unspecified atom stereocenters. The van der Waals surface area contributed by atoms with E-state index >= 15 is 0 Å². The summed E-state index contributed by atoms with van der Waals surface area (Å²) in [5.41, 5.74) is -0.612. The summed E-state index contributed by atoms with van der Waals surface area (Å²) in [6.45, 7) is 1.24. The van der Waals surface area contributed by atoms with Crippen molar-refractivity contribution in [3.63, 3.8) is 0 Å². The predicted molar refractivity (Wildman–Crippen MR) is 137 cm³/mol. The van der Waals surface area contributed by atoms with Crippen molar-refractivity contribution in [3.05, 3.63) is 65.5 Å². The van der Waals surface area contributed by atoms with Gasteiger partial charge in [0.1, 0.15) is 5.69 Å². The number of hydrogen-bond acceptors (Lipinski definition) is 5. The number of carbonyl (C=O) groups is 3. The Hall–Kier alpha value is -3.47. The number of pyridine rings is 1. The normalized spacial score (nSPS) is 25.3. The van der Waals surface area contributed by atoms with E-state index in [0.29, 0.717) is 18.3 Å². The molecule has 11 heteroatoms. The molecule has 0 spiro atoms. The summed E-state index contributed by atoms with van der Waals surface area (Å²) in [5, 5.41) is 5.59. The molecule has 8 nitrogen and oxygen atoms in total. The molecule has 2 saturated heterocycles. The highest BCUT2D eigenvalue weighted by atomic mass is 19.4. The van der Waals surface area contributed by atoms with Crippen molar-refractivity contribution in [3.8, 4) is 0 Å². The number of fused-ring (bicyclic) bond motifs is 1. The van der Waals surface area contributed by atoms with Crippen molar-refractivity contribution in [1.29, 1.82) is 0 Å². The van der Waals surface area contributed by atoms with E-state index in [2.05, 4.69) is 20.5 Å². The van der Waals surface area contributed by atoms with E-state index in [1.54, 1.807) is 24.4 Å². The molecular weight excluding hydrogens is 511 g/mol. The Labute approximate surface area is 224 Å². The molecule has 3 fully saturated rings. The summed E-state index contributed by atoms with van der Waals surface area (Å²) < 4.78 is 38.9. The maximum absolute atomic E-state index is 13.0. The van der Waals surface area contributed by atoms with Crippen molar-refractivity contribution in [1.82, 2.24) is 25.4 Å².